The molecule has 0 spiro atoms. The lowest BCUT2D eigenvalue weighted by atomic mass is 9.53. The first-order valence-electron chi connectivity index (χ1n) is 48.5. The van der Waals surface area contributed by atoms with Crippen molar-refractivity contribution in [2.75, 3.05) is 26.6 Å². The van der Waals surface area contributed by atoms with Gasteiger partial charge in [-0.3, -0.25) is 43.3 Å². The molecule has 28 nitrogen and oxygen atoms in total. The van der Waals surface area contributed by atoms with Crippen LogP contribution in [0.2, 0.25) is 0 Å². The number of H-pyrrole nitrogens is 4. The topological polar surface area (TPSA) is 399 Å². The van der Waals surface area contributed by atoms with Gasteiger partial charge in [0.15, 0.2) is 0 Å². The van der Waals surface area contributed by atoms with Crippen LogP contribution in [0.3, 0.4) is 0 Å². The van der Waals surface area contributed by atoms with Gasteiger partial charge in [-0.2, -0.15) is 0 Å². The van der Waals surface area contributed by atoms with Crippen molar-refractivity contribution in [3.05, 3.63) is 342 Å². The van der Waals surface area contributed by atoms with Crippen molar-refractivity contribution < 1.29 is 42.7 Å². The first-order valence-corrected chi connectivity index (χ1v) is 48.5. The number of fused-ring (bicyclic) bond motifs is 4. The molecule has 9 aromatic carbocycles. The number of hydrogen-bond donors (Lipinski definition) is 12. The predicted molar refractivity (Wildman–Crippen MR) is 552 cm³/mol. The molecule has 8 bridgehead atoms. The van der Waals surface area contributed by atoms with Gasteiger partial charge in [0.25, 0.3) is 47.3 Å². The SMILES string of the molecule is C.CC1CCCCC1NC(=O)c1ccc2nc(-c3ccc(C(=O)Nc4ccccn4)cc3)[nH]c2c1.O=C(Nc1ccccn1)c1ccc(-c2nc3ccc(C(=O)NC45CC6CC(CC(C6)C4)C5)cc3[nH]2)cc1.O=C(Nc1ccccn1)c1ccc(-c2nc3ccc(C(=O)NC4C5CC6CC(C5)CC4C6)cc3[nH]2)cc1.O=C(Nc1ccncc1)c1ccc(-c2nc3ccc(C(=O)Nc4ccc(F)cc4)cc3[nH]2)cc1. The van der Waals surface area contributed by atoms with Crippen LogP contribution in [0.4, 0.5) is 33.2 Å². The second kappa shape index (κ2) is 41.3. The third kappa shape index (κ3) is 21.6. The Morgan fingerprint density at radius 2 is 0.643 bits per heavy atom. The Balaban J connectivity index is 0.000000116. The van der Waals surface area contributed by atoms with Gasteiger partial charge in [-0.15, -0.1) is 0 Å². The maximum atomic E-state index is 13.3. The van der Waals surface area contributed by atoms with Crippen LogP contribution in [0.25, 0.3) is 89.7 Å². The summed E-state index contributed by atoms with van der Waals surface area (Å²) in [5.41, 5.74) is 15.3. The molecule has 8 aromatic heterocycles. The van der Waals surface area contributed by atoms with Crippen LogP contribution < -0.4 is 42.5 Å². The van der Waals surface area contributed by atoms with Crippen LogP contribution in [0.1, 0.15) is 194 Å². The number of carbonyl (C=O) groups excluding carboxylic acids is 8. The molecule has 9 aliphatic rings. The third-order valence-corrected chi connectivity index (χ3v) is 28.8. The molecular weight excluding hydrogens is 1800 g/mol. The Labute approximate surface area is 823 Å². The van der Waals surface area contributed by atoms with Gasteiger partial charge in [-0.05, 0) is 325 Å². The van der Waals surface area contributed by atoms with E-state index in [1.54, 1.807) is 158 Å². The van der Waals surface area contributed by atoms with Crippen LogP contribution in [0, 0.1) is 53.2 Å². The number of amides is 8. The van der Waals surface area contributed by atoms with Crippen molar-refractivity contribution in [3.63, 3.8) is 0 Å². The second-order valence-electron chi connectivity index (χ2n) is 38.7. The number of aromatic nitrogens is 12. The zero-order valence-electron chi connectivity index (χ0n) is 77.8. The largest absolute Gasteiger partial charge is 0.349 e. The third-order valence-electron chi connectivity index (χ3n) is 28.8. The summed E-state index contributed by atoms with van der Waals surface area (Å²) in [5.74, 6) is 8.61. The highest BCUT2D eigenvalue weighted by Gasteiger charge is 2.52. The highest BCUT2D eigenvalue weighted by atomic mass is 19.1. The predicted octanol–water partition coefficient (Wildman–Crippen LogP) is 22.1. The van der Waals surface area contributed by atoms with Gasteiger partial charge in [0, 0.05) is 127 Å². The molecule has 26 rings (SSSR count). The molecule has 143 heavy (non-hydrogen) atoms. The highest BCUT2D eigenvalue weighted by molar-refractivity contribution is 6.09. The summed E-state index contributed by atoms with van der Waals surface area (Å²) in [6.45, 7) is 2.21. The van der Waals surface area contributed by atoms with Crippen molar-refractivity contribution >= 4 is 120 Å². The first kappa shape index (κ1) is 93.8. The maximum absolute atomic E-state index is 13.3. The molecule has 8 amide bonds. The lowest BCUT2D eigenvalue weighted by Crippen LogP contribution is -2.59. The number of anilines is 5. The Morgan fingerprint density at radius 1 is 0.322 bits per heavy atom. The van der Waals surface area contributed by atoms with E-state index in [-0.39, 0.29) is 72.1 Å². The molecule has 8 heterocycles. The van der Waals surface area contributed by atoms with Gasteiger partial charge >= 0.3 is 0 Å². The van der Waals surface area contributed by atoms with Crippen molar-refractivity contribution in [2.45, 2.75) is 128 Å². The van der Waals surface area contributed by atoms with E-state index in [1.165, 1.54) is 88.5 Å². The number of pyridine rings is 4. The molecular formula is C114H107FN20O8. The monoisotopic (exact) mass is 1900 g/mol. The summed E-state index contributed by atoms with van der Waals surface area (Å²) in [4.78, 5) is 150. The van der Waals surface area contributed by atoms with Gasteiger partial charge in [-0.1, -0.05) is 93.9 Å². The van der Waals surface area contributed by atoms with Crippen molar-refractivity contribution in [2.24, 2.45) is 47.3 Å². The molecule has 2 unspecified atom stereocenters. The summed E-state index contributed by atoms with van der Waals surface area (Å²) in [6, 6.07) is 76.5. The van der Waals surface area contributed by atoms with Crippen molar-refractivity contribution in [3.8, 4) is 45.6 Å². The number of nitrogens with zero attached hydrogens (tertiary/aromatic N) is 8. The number of hydrogen-bond acceptors (Lipinski definition) is 16. The van der Waals surface area contributed by atoms with E-state index in [4.69, 9.17) is 9.97 Å². The molecule has 9 aliphatic carbocycles. The minimum absolute atomic E-state index is 0. The minimum Gasteiger partial charge on any atom is -0.349 e. The molecule has 9 fully saturated rings. The smallest absolute Gasteiger partial charge is 0.256 e. The van der Waals surface area contributed by atoms with E-state index in [0.29, 0.717) is 131 Å². The van der Waals surface area contributed by atoms with Crippen LogP contribution in [0.5, 0.6) is 0 Å². The van der Waals surface area contributed by atoms with Gasteiger partial charge in [0.05, 0.1) is 44.1 Å². The first-order chi connectivity index (χ1) is 69.2. The lowest BCUT2D eigenvalue weighted by molar-refractivity contribution is -0.0167. The molecule has 0 saturated heterocycles. The summed E-state index contributed by atoms with van der Waals surface area (Å²) in [5, 5.41) is 24.0. The second-order valence-corrected chi connectivity index (χ2v) is 38.7. The standard InChI is InChI=1S/2C30H29N5O2.C27H27N5O2.C26H18FN5O2.CH4/c36-28(34-26-3-1-2-10-31-26)22-6-4-21(5-7-22)27-32-24-9-8-23(14-25(24)33-27)29(37)35-30-15-18-11-19(16-30)13-20(12-18)17-30;36-29(34-26-3-1-2-10-31-26)20-6-4-19(5-7-20)28-32-24-9-8-21(16-25(24)33-28)30(37)35-27-22-12-17-11-18(14-22)15-23(27)13-17;1-17-6-2-3-7-21(17)31-27(34)20-13-14-22-23(16-20)30-25(29-22)18-9-11-19(12-10-18)26(33)32-24-8-4-5-15-28-24;27-19-6-8-20(9-7-19)29-26(34)18-5-10-22-23(15-18)32-24(31-22)16-1-3-17(4-2-16)25(33)30-21-11-13-28-14-12-21;/h1-10,14,18-20H,11-13,15-17H2,(H,32,33)(H,35,37)(H,31,34,36);1-10,16-18,22-23,27H,11-15H2,(H,32,33)(H,35,37)(H,31,34,36);4-5,8-17,21H,2-3,6-7H2,1H3,(H,29,30)(H,31,34)(H,28,32,33);1-15H,(H,29,34)(H,31,32)(H,28,30,33);1H4. The molecule has 0 radical (unpaired) electrons. The Hall–Kier alpha value is -16.9. The summed E-state index contributed by atoms with van der Waals surface area (Å²) in [6.07, 6.45) is 26.8. The highest BCUT2D eigenvalue weighted by Crippen LogP contribution is 2.57. The van der Waals surface area contributed by atoms with Crippen molar-refractivity contribution in [1.82, 2.24) is 75.8 Å². The fourth-order valence-electron chi connectivity index (χ4n) is 22.3. The Kier molecular flexibility index (Phi) is 27.1. The number of benzene rings is 9. The fraction of sp³-hybridized carbons (Fsp3) is 0.246. The number of halogens is 1. The molecule has 2 atom stereocenters. The number of imidazole rings is 4. The van der Waals surface area contributed by atoms with Crippen LogP contribution in [0.15, 0.2) is 292 Å². The molecule has 29 heteroatoms. The summed E-state index contributed by atoms with van der Waals surface area (Å²) in [7, 11) is 0. The van der Waals surface area contributed by atoms with Gasteiger partial charge in [0.2, 0.25) is 0 Å². The molecule has 17 aromatic rings. The van der Waals surface area contributed by atoms with Gasteiger partial charge in [0.1, 0.15) is 46.6 Å². The van der Waals surface area contributed by atoms with Gasteiger partial charge in [-0.25, -0.2) is 39.3 Å². The molecule has 718 valence electrons. The number of nitrogens with one attached hydrogen (secondary N) is 12. The number of rotatable bonds is 20. The van der Waals surface area contributed by atoms with Crippen molar-refractivity contribution in [1.29, 1.82) is 0 Å². The average molecular weight is 1900 g/mol. The summed E-state index contributed by atoms with van der Waals surface area (Å²) >= 11 is 0. The van der Waals surface area contributed by atoms with Crippen LogP contribution in [-0.2, 0) is 0 Å². The van der Waals surface area contributed by atoms with E-state index in [2.05, 4.69) is 99.3 Å². The molecule has 12 N–H and O–H groups in total. The zero-order valence-corrected chi connectivity index (χ0v) is 77.8. The maximum Gasteiger partial charge on any atom is 0.256 e. The van der Waals surface area contributed by atoms with Crippen LogP contribution in [-0.4, -0.2) is 125 Å². The molecule has 9 saturated carbocycles. The van der Waals surface area contributed by atoms with E-state index in [9.17, 15) is 42.7 Å². The zero-order chi connectivity index (χ0) is 96.9. The quantitative estimate of drug-likeness (QED) is 0.0337. The normalized spacial score (nSPS) is 20.2. The Bertz CT molecular complexity index is 7490. The Morgan fingerprint density at radius 3 is 1.01 bits per heavy atom. The van der Waals surface area contributed by atoms with E-state index in [0.717, 1.165) is 117 Å². The minimum atomic E-state index is -0.369. The average Bonchev–Trinajstić information content (AvgIpc) is 1.67. The van der Waals surface area contributed by atoms with Crippen LogP contribution >= 0.6 is 0 Å². The van der Waals surface area contributed by atoms with E-state index in [1.807, 2.05) is 109 Å². The molecule has 0 aliphatic heterocycles. The van der Waals surface area contributed by atoms with E-state index >= 15 is 0 Å². The van der Waals surface area contributed by atoms with E-state index < -0.39 is 0 Å². The van der Waals surface area contributed by atoms with Gasteiger partial charge < -0.3 is 62.5 Å². The number of carbonyl (C=O) groups is 8. The lowest BCUT2D eigenvalue weighted by Gasteiger charge is -2.56. The fourth-order valence-corrected chi connectivity index (χ4v) is 22.3. The summed E-state index contributed by atoms with van der Waals surface area (Å²) < 4.78 is 13.1. The number of aromatic amines is 4.